The summed E-state index contributed by atoms with van der Waals surface area (Å²) in [7, 11) is -13.0. The summed E-state index contributed by atoms with van der Waals surface area (Å²) < 4.78 is 102. The Bertz CT molecular complexity index is 3040. The summed E-state index contributed by atoms with van der Waals surface area (Å²) in [5.74, 6) is -0.424. The van der Waals surface area contributed by atoms with Crippen molar-refractivity contribution in [2.24, 2.45) is 5.11 Å². The smallest absolute Gasteiger partial charge is 0.294 e. The van der Waals surface area contributed by atoms with Crippen molar-refractivity contribution in [3.8, 4) is 0 Å². The molecule has 1 amide bonds. The van der Waals surface area contributed by atoms with E-state index in [1.807, 2.05) is 42.5 Å². The zero-order chi connectivity index (χ0) is 47.4. The highest BCUT2D eigenvalue weighted by atomic mass is 32.2. The van der Waals surface area contributed by atoms with Crippen LogP contribution in [0.25, 0.3) is 32.0 Å². The molecule has 4 aromatic rings. The fraction of sp³-hybridized carbons (Fsp3) is 0.391. The number of benzene rings is 4. The van der Waals surface area contributed by atoms with E-state index in [4.69, 9.17) is 5.53 Å². The van der Waals surface area contributed by atoms with Crippen LogP contribution < -0.4 is 10.2 Å². The number of hydrogen-bond acceptors (Lipinski definition) is 9. The molecule has 2 aliphatic heterocycles. The third kappa shape index (κ3) is 11.2. The molecule has 0 fully saturated rings. The van der Waals surface area contributed by atoms with E-state index in [9.17, 15) is 43.7 Å². The molecule has 4 N–H and O–H groups in total. The summed E-state index contributed by atoms with van der Waals surface area (Å²) in [5, 5.41) is 9.30. The summed E-state index contributed by atoms with van der Waals surface area (Å²) in [4.78, 5) is 16.8. The minimum absolute atomic E-state index is 0.0565. The quantitative estimate of drug-likeness (QED) is 0.0124. The van der Waals surface area contributed by atoms with E-state index >= 15 is 0 Å². The van der Waals surface area contributed by atoms with E-state index in [2.05, 4.69) is 58.6 Å². The topological polar surface area (TPSA) is 247 Å². The van der Waals surface area contributed by atoms with Crippen molar-refractivity contribution >= 4 is 74.9 Å². The van der Waals surface area contributed by atoms with E-state index in [1.54, 1.807) is 18.2 Å². The van der Waals surface area contributed by atoms with E-state index in [-0.39, 0.29) is 27.9 Å². The van der Waals surface area contributed by atoms with Gasteiger partial charge in [0, 0.05) is 71.9 Å². The molecule has 0 atom stereocenters. The Labute approximate surface area is 380 Å². The largest absolute Gasteiger partial charge is 0.356 e. The van der Waals surface area contributed by atoms with Gasteiger partial charge in [-0.15, -0.1) is 0 Å². The van der Waals surface area contributed by atoms with Crippen LogP contribution in [0.5, 0.6) is 0 Å². The highest BCUT2D eigenvalue weighted by molar-refractivity contribution is 7.86. The Morgan fingerprint density at radius 2 is 1.42 bits per heavy atom. The number of carbonyl (C=O) groups excluding carboxylic acids is 1. The number of anilines is 1. The number of amides is 1. The van der Waals surface area contributed by atoms with E-state index in [1.165, 1.54) is 24.3 Å². The van der Waals surface area contributed by atoms with Crippen molar-refractivity contribution < 1.29 is 48.3 Å². The summed E-state index contributed by atoms with van der Waals surface area (Å²) >= 11 is 0. The van der Waals surface area contributed by atoms with Crippen molar-refractivity contribution in [2.75, 3.05) is 36.8 Å². The summed E-state index contributed by atoms with van der Waals surface area (Å²) in [5.41, 5.74) is 13.0. The van der Waals surface area contributed by atoms with Gasteiger partial charge in [-0.1, -0.05) is 55.4 Å². The molecule has 2 heterocycles. The molecule has 4 aromatic carbocycles. The van der Waals surface area contributed by atoms with Gasteiger partial charge < -0.3 is 10.2 Å². The van der Waals surface area contributed by atoms with Crippen LogP contribution in [0.4, 0.5) is 11.4 Å². The molecule has 16 nitrogen and oxygen atoms in total. The maximum atomic E-state index is 12.4. The molecule has 0 unspecified atom stereocenters. The Hall–Kier alpha value is -5.40. The number of nitrogens with one attached hydrogen (secondary N) is 1. The van der Waals surface area contributed by atoms with Gasteiger partial charge in [-0.25, -0.2) is 0 Å². The number of carbonyl (C=O) groups is 1. The Morgan fingerprint density at radius 3 is 2.05 bits per heavy atom. The first-order valence-corrected chi connectivity index (χ1v) is 25.8. The minimum atomic E-state index is -4.43. The fourth-order valence-electron chi connectivity index (χ4n) is 9.10. The second-order valence-electron chi connectivity index (χ2n) is 17.3. The lowest BCUT2D eigenvalue weighted by atomic mass is 9.79. The molecule has 0 saturated heterocycles. The third-order valence-electron chi connectivity index (χ3n) is 12.1. The second-order valence-corrected chi connectivity index (χ2v) is 21.7. The van der Waals surface area contributed by atoms with E-state index < -0.39 is 41.2 Å². The maximum Gasteiger partial charge on any atom is 0.294 e. The van der Waals surface area contributed by atoms with Crippen LogP contribution in [0.2, 0.25) is 0 Å². The monoisotopic (exact) mass is 947 g/mol. The molecule has 0 bridgehead atoms. The van der Waals surface area contributed by atoms with Crippen LogP contribution in [0.1, 0.15) is 83.8 Å². The Balaban J connectivity index is 1.30. The predicted octanol–water partition coefficient (Wildman–Crippen LogP) is 8.70. The molecule has 19 heteroatoms. The molecule has 346 valence electrons. The summed E-state index contributed by atoms with van der Waals surface area (Å²) in [6.45, 7) is 10.2. The van der Waals surface area contributed by atoms with Crippen LogP contribution in [0.15, 0.2) is 112 Å². The molecule has 0 saturated carbocycles. The number of fused-ring (bicyclic) bond motifs is 6. The summed E-state index contributed by atoms with van der Waals surface area (Å²) in [6, 6.07) is 16.6. The zero-order valence-corrected chi connectivity index (χ0v) is 39.3. The van der Waals surface area contributed by atoms with E-state index in [0.29, 0.717) is 62.6 Å². The number of nitrogens with zero attached hydrogens (tertiary/aromatic N) is 5. The molecule has 6 rings (SSSR count). The van der Waals surface area contributed by atoms with Crippen LogP contribution in [0.3, 0.4) is 0 Å². The van der Waals surface area contributed by atoms with Crippen LogP contribution >= 0.6 is 0 Å². The molecule has 65 heavy (non-hydrogen) atoms. The van der Waals surface area contributed by atoms with Gasteiger partial charge in [-0.05, 0) is 121 Å². The lowest BCUT2D eigenvalue weighted by Crippen LogP contribution is -2.28. The van der Waals surface area contributed by atoms with Crippen LogP contribution in [0, 0.1) is 0 Å². The number of azide groups is 1. The van der Waals surface area contributed by atoms with Gasteiger partial charge in [0.1, 0.15) is 6.54 Å². The minimum Gasteiger partial charge on any atom is -0.356 e. The first kappa shape index (κ1) is 49.0. The standard InChI is InChI=1S/C46H54N6O10S3/c1-45(2)40(51(27-10-6-9-16-42(53)48-25-13-26-49-50-47)38-23-17-32-30-34(64(57,58)59)19-21-36(32)43(38)45)14-7-5-8-15-41-46(3,4)44-37-22-20-35(65(60,61)62)31-33(37)18-24-39(44)52(41)28-11-12-29-63(54,55)56/h5,7-8,14-15,17-24,30-31H,6,9-13,16,25-29H2,1-4H3,(H3-,48,53,54,55,56,57,58,59,60,61,62)/p+1. The van der Waals surface area contributed by atoms with Crippen molar-refractivity contribution in [2.45, 2.75) is 93.3 Å². The Kier molecular flexibility index (Phi) is 14.8. The van der Waals surface area contributed by atoms with Gasteiger partial charge in [-0.3, -0.25) is 18.5 Å². The van der Waals surface area contributed by atoms with Crippen molar-refractivity contribution in [3.63, 3.8) is 0 Å². The van der Waals surface area contributed by atoms with Gasteiger partial charge in [0.25, 0.3) is 30.4 Å². The molecular formula is C46H55N6O10S3+. The molecule has 0 radical (unpaired) electrons. The van der Waals surface area contributed by atoms with Crippen LogP contribution in [-0.2, 0) is 46.0 Å². The molecule has 0 aliphatic carbocycles. The average Bonchev–Trinajstić information content (AvgIpc) is 3.58. The number of unbranched alkanes of at least 4 members (excludes halogenated alkanes) is 3. The number of allylic oxidation sites excluding steroid dienone is 6. The Morgan fingerprint density at radius 1 is 0.769 bits per heavy atom. The first-order chi connectivity index (χ1) is 30.6. The molecular weight excluding hydrogens is 893 g/mol. The van der Waals surface area contributed by atoms with Crippen molar-refractivity contribution in [3.05, 3.63) is 118 Å². The fourth-order valence-corrected chi connectivity index (χ4v) is 10.7. The second kappa shape index (κ2) is 19.6. The van der Waals surface area contributed by atoms with Crippen molar-refractivity contribution in [1.82, 2.24) is 5.32 Å². The number of hydrogen-bond donors (Lipinski definition) is 4. The molecule has 2 aliphatic rings. The maximum absolute atomic E-state index is 12.4. The van der Waals surface area contributed by atoms with Gasteiger partial charge >= 0.3 is 0 Å². The van der Waals surface area contributed by atoms with Gasteiger partial charge in [0.2, 0.25) is 11.6 Å². The summed E-state index contributed by atoms with van der Waals surface area (Å²) in [6.07, 6.45) is 13.7. The first-order valence-electron chi connectivity index (χ1n) is 21.4. The highest BCUT2D eigenvalue weighted by Crippen LogP contribution is 2.51. The zero-order valence-electron chi connectivity index (χ0n) is 36.8. The van der Waals surface area contributed by atoms with Crippen molar-refractivity contribution in [1.29, 1.82) is 0 Å². The molecule has 0 aromatic heterocycles. The average molecular weight is 948 g/mol. The van der Waals surface area contributed by atoms with Gasteiger partial charge in [0.05, 0.1) is 21.0 Å². The molecule has 0 spiro atoms. The normalized spacial score (nSPS) is 16.5. The van der Waals surface area contributed by atoms with Gasteiger partial charge in [-0.2, -0.15) is 29.8 Å². The highest BCUT2D eigenvalue weighted by Gasteiger charge is 2.45. The lowest BCUT2D eigenvalue weighted by Gasteiger charge is -2.27. The van der Waals surface area contributed by atoms with Crippen LogP contribution in [-0.4, -0.2) is 87.0 Å². The number of rotatable bonds is 20. The van der Waals surface area contributed by atoms with Gasteiger partial charge in [0.15, 0.2) is 5.71 Å². The lowest BCUT2D eigenvalue weighted by molar-refractivity contribution is -0.438. The predicted molar refractivity (Wildman–Crippen MR) is 253 cm³/mol. The third-order valence-corrected chi connectivity index (χ3v) is 14.6. The SMILES string of the molecule is CC1(C)C(/C=C/C=C/C=C2/N(CCCCS(=O)(=O)O)c3ccc4cc(S(=O)(=O)O)ccc4c3C2(C)C)=[N+](CCCCCC(=O)NCCCN=[N+]=[N-])c2ccc3cc(S(=O)(=O)O)ccc3c21. The van der Waals surface area contributed by atoms with E-state index in [0.717, 1.165) is 57.5 Å².